The van der Waals surface area contributed by atoms with E-state index in [0.717, 1.165) is 24.9 Å². The second-order valence-corrected chi connectivity index (χ2v) is 7.01. The van der Waals surface area contributed by atoms with E-state index in [9.17, 15) is 12.8 Å². The molecular weight excluding hydrogens is 253 g/mol. The fourth-order valence-electron chi connectivity index (χ4n) is 2.21. The van der Waals surface area contributed by atoms with Gasteiger partial charge in [0.25, 0.3) is 0 Å². The number of halogens is 1. The molecule has 0 aromatic heterocycles. The van der Waals surface area contributed by atoms with Crippen molar-refractivity contribution in [2.45, 2.75) is 25.3 Å². The zero-order chi connectivity index (χ0) is 13.0. The summed E-state index contributed by atoms with van der Waals surface area (Å²) in [6, 6.07) is 6.11. The summed E-state index contributed by atoms with van der Waals surface area (Å²) in [4.78, 5) is 0. The van der Waals surface area contributed by atoms with Gasteiger partial charge in [0.05, 0.1) is 11.5 Å². The molecule has 0 aliphatic carbocycles. The largest absolute Gasteiger partial charge is 0.313 e. The molecule has 1 aromatic rings. The lowest BCUT2D eigenvalue weighted by Crippen LogP contribution is -2.31. The van der Waals surface area contributed by atoms with Gasteiger partial charge in [0.2, 0.25) is 0 Å². The third-order valence-electron chi connectivity index (χ3n) is 3.23. The molecule has 1 aliphatic heterocycles. The zero-order valence-electron chi connectivity index (χ0n) is 10.2. The Kier molecular flexibility index (Phi) is 4.35. The van der Waals surface area contributed by atoms with Gasteiger partial charge in [-0.2, -0.15) is 0 Å². The Hall–Kier alpha value is -0.940. The molecule has 0 spiro atoms. The molecule has 1 aliphatic rings. The van der Waals surface area contributed by atoms with Gasteiger partial charge in [-0.3, -0.25) is 0 Å². The molecule has 1 N–H and O–H groups in total. The second kappa shape index (κ2) is 5.80. The molecule has 0 bridgehead atoms. The smallest absolute Gasteiger partial charge is 0.152 e. The molecular formula is C13H18FNO2S. The topological polar surface area (TPSA) is 46.2 Å². The van der Waals surface area contributed by atoms with E-state index in [0.29, 0.717) is 6.42 Å². The molecule has 0 amide bonds. The van der Waals surface area contributed by atoms with Crippen LogP contribution in [0.1, 0.15) is 18.4 Å². The average molecular weight is 271 g/mol. The van der Waals surface area contributed by atoms with Crippen LogP contribution in [-0.2, 0) is 16.3 Å². The fraction of sp³-hybridized carbons (Fsp3) is 0.538. The number of sulfone groups is 1. The van der Waals surface area contributed by atoms with E-state index in [1.165, 1.54) is 12.1 Å². The molecule has 1 unspecified atom stereocenters. The molecule has 100 valence electrons. The standard InChI is InChI=1S/C13H18FNO2S/c14-12-5-3-11(4-6-12)7-9-18(16,17)10-13-2-1-8-15-13/h3-6,13,15H,1-2,7-10H2. The maximum Gasteiger partial charge on any atom is 0.152 e. The lowest BCUT2D eigenvalue weighted by molar-refractivity contribution is 0.576. The lowest BCUT2D eigenvalue weighted by atomic mass is 10.2. The summed E-state index contributed by atoms with van der Waals surface area (Å²) >= 11 is 0. The van der Waals surface area contributed by atoms with E-state index in [4.69, 9.17) is 0 Å². The molecule has 18 heavy (non-hydrogen) atoms. The van der Waals surface area contributed by atoms with E-state index in [1.807, 2.05) is 0 Å². The molecule has 0 saturated carbocycles. The van der Waals surface area contributed by atoms with Crippen molar-refractivity contribution >= 4 is 9.84 Å². The Labute approximate surface area is 107 Å². The first-order valence-electron chi connectivity index (χ1n) is 6.23. The summed E-state index contributed by atoms with van der Waals surface area (Å²) in [7, 11) is -3.03. The summed E-state index contributed by atoms with van der Waals surface area (Å²) in [5, 5.41) is 3.19. The molecule has 1 aromatic carbocycles. The maximum atomic E-state index is 12.7. The third-order valence-corrected chi connectivity index (χ3v) is 4.97. The average Bonchev–Trinajstić information content (AvgIpc) is 2.80. The maximum absolute atomic E-state index is 12.7. The van der Waals surface area contributed by atoms with Gasteiger partial charge in [0.15, 0.2) is 9.84 Å². The van der Waals surface area contributed by atoms with Crippen LogP contribution in [0.25, 0.3) is 0 Å². The number of rotatable bonds is 5. The fourth-order valence-corrected chi connectivity index (χ4v) is 3.82. The Bertz CT molecular complexity index is 478. The first-order chi connectivity index (χ1) is 8.55. The van der Waals surface area contributed by atoms with Crippen molar-refractivity contribution < 1.29 is 12.8 Å². The van der Waals surface area contributed by atoms with Crippen LogP contribution in [0.2, 0.25) is 0 Å². The molecule has 1 fully saturated rings. The minimum Gasteiger partial charge on any atom is -0.313 e. The van der Waals surface area contributed by atoms with Crippen molar-refractivity contribution in [1.82, 2.24) is 5.32 Å². The van der Waals surface area contributed by atoms with Gasteiger partial charge >= 0.3 is 0 Å². The number of benzene rings is 1. The number of aryl methyl sites for hydroxylation is 1. The van der Waals surface area contributed by atoms with Gasteiger partial charge < -0.3 is 5.32 Å². The van der Waals surface area contributed by atoms with E-state index >= 15 is 0 Å². The van der Waals surface area contributed by atoms with Crippen molar-refractivity contribution in [3.8, 4) is 0 Å². The van der Waals surface area contributed by atoms with Gasteiger partial charge in [-0.1, -0.05) is 12.1 Å². The highest BCUT2D eigenvalue weighted by Crippen LogP contribution is 2.10. The molecule has 1 saturated heterocycles. The van der Waals surface area contributed by atoms with Crippen molar-refractivity contribution in [3.05, 3.63) is 35.6 Å². The summed E-state index contributed by atoms with van der Waals surface area (Å²) in [6.45, 7) is 0.915. The molecule has 0 radical (unpaired) electrons. The minimum absolute atomic E-state index is 0.114. The predicted molar refractivity (Wildman–Crippen MR) is 69.8 cm³/mol. The normalized spacial score (nSPS) is 20.2. The van der Waals surface area contributed by atoms with Gasteiger partial charge in [0, 0.05) is 6.04 Å². The van der Waals surface area contributed by atoms with Crippen molar-refractivity contribution in [1.29, 1.82) is 0 Å². The third kappa shape index (κ3) is 4.07. The van der Waals surface area contributed by atoms with Crippen LogP contribution in [0.15, 0.2) is 24.3 Å². The molecule has 3 nitrogen and oxygen atoms in total. The Balaban J connectivity index is 1.86. The van der Waals surface area contributed by atoms with Crippen LogP contribution < -0.4 is 5.32 Å². The monoisotopic (exact) mass is 271 g/mol. The minimum atomic E-state index is -3.03. The lowest BCUT2D eigenvalue weighted by Gasteiger charge is -2.10. The molecule has 1 atom stereocenters. The van der Waals surface area contributed by atoms with Crippen LogP contribution in [0.3, 0.4) is 0 Å². The predicted octanol–water partition coefficient (Wildman–Crippen LogP) is 1.54. The van der Waals surface area contributed by atoms with Crippen LogP contribution in [0.5, 0.6) is 0 Å². The van der Waals surface area contributed by atoms with E-state index in [1.54, 1.807) is 12.1 Å². The van der Waals surface area contributed by atoms with Crippen LogP contribution in [0.4, 0.5) is 4.39 Å². The Morgan fingerprint density at radius 2 is 2.00 bits per heavy atom. The van der Waals surface area contributed by atoms with Crippen LogP contribution in [-0.4, -0.2) is 32.5 Å². The highest BCUT2D eigenvalue weighted by Gasteiger charge is 2.21. The van der Waals surface area contributed by atoms with Crippen LogP contribution in [0, 0.1) is 5.82 Å². The molecule has 5 heteroatoms. The van der Waals surface area contributed by atoms with Crippen LogP contribution >= 0.6 is 0 Å². The summed E-state index contributed by atoms with van der Waals surface area (Å²) in [5.41, 5.74) is 0.861. The second-order valence-electron chi connectivity index (χ2n) is 4.78. The van der Waals surface area contributed by atoms with E-state index in [2.05, 4.69) is 5.32 Å². The van der Waals surface area contributed by atoms with E-state index in [-0.39, 0.29) is 23.4 Å². The summed E-state index contributed by atoms with van der Waals surface area (Å²) in [5.74, 6) is 0.0575. The Morgan fingerprint density at radius 1 is 1.28 bits per heavy atom. The van der Waals surface area contributed by atoms with Crippen molar-refractivity contribution in [2.75, 3.05) is 18.1 Å². The van der Waals surface area contributed by atoms with Gasteiger partial charge in [0.1, 0.15) is 5.82 Å². The van der Waals surface area contributed by atoms with Crippen molar-refractivity contribution in [3.63, 3.8) is 0 Å². The number of hydrogen-bond donors (Lipinski definition) is 1. The number of hydrogen-bond acceptors (Lipinski definition) is 3. The summed E-state index contributed by atoms with van der Waals surface area (Å²) < 4.78 is 36.5. The first-order valence-corrected chi connectivity index (χ1v) is 8.05. The van der Waals surface area contributed by atoms with E-state index < -0.39 is 9.84 Å². The quantitative estimate of drug-likeness (QED) is 0.883. The molecule has 1 heterocycles. The van der Waals surface area contributed by atoms with Gasteiger partial charge in [-0.25, -0.2) is 12.8 Å². The first kappa shape index (κ1) is 13.5. The van der Waals surface area contributed by atoms with Gasteiger partial charge in [-0.15, -0.1) is 0 Å². The molecule has 2 rings (SSSR count). The summed E-state index contributed by atoms with van der Waals surface area (Å²) in [6.07, 6.45) is 2.45. The SMILES string of the molecule is O=S(=O)(CCc1ccc(F)cc1)CC1CCCN1. The van der Waals surface area contributed by atoms with Gasteiger partial charge in [-0.05, 0) is 43.5 Å². The Morgan fingerprint density at radius 3 is 2.61 bits per heavy atom. The zero-order valence-corrected chi connectivity index (χ0v) is 11.0. The highest BCUT2D eigenvalue weighted by molar-refractivity contribution is 7.91. The highest BCUT2D eigenvalue weighted by atomic mass is 32.2. The van der Waals surface area contributed by atoms with Crippen molar-refractivity contribution in [2.24, 2.45) is 0 Å². The number of nitrogens with one attached hydrogen (secondary N) is 1.